The molecule has 1 aromatic rings. The van der Waals surface area contributed by atoms with Crippen LogP contribution in [0, 0.1) is 5.92 Å². The van der Waals surface area contributed by atoms with Crippen LogP contribution in [0.15, 0.2) is 18.2 Å². The maximum Gasteiger partial charge on any atom is 0.122 e. The average molecular weight is 252 g/mol. The van der Waals surface area contributed by atoms with Gasteiger partial charge >= 0.3 is 0 Å². The van der Waals surface area contributed by atoms with Crippen molar-refractivity contribution in [2.24, 2.45) is 5.92 Å². The van der Waals surface area contributed by atoms with Crippen molar-refractivity contribution in [3.8, 4) is 11.5 Å². The lowest BCUT2D eigenvalue weighted by Gasteiger charge is -2.31. The van der Waals surface area contributed by atoms with Gasteiger partial charge in [-0.15, -0.1) is 0 Å². The summed E-state index contributed by atoms with van der Waals surface area (Å²) in [4.78, 5) is 0. The Morgan fingerprint density at radius 2 is 1.89 bits per heavy atom. The van der Waals surface area contributed by atoms with Crippen molar-refractivity contribution in [2.75, 3.05) is 27.4 Å². The summed E-state index contributed by atoms with van der Waals surface area (Å²) in [5.74, 6) is 1.64. The van der Waals surface area contributed by atoms with Crippen molar-refractivity contribution in [1.82, 2.24) is 0 Å². The lowest BCUT2D eigenvalue weighted by atomic mass is 9.90. The van der Waals surface area contributed by atoms with Crippen molar-refractivity contribution in [2.45, 2.75) is 18.9 Å². The number of hydrogen-bond donors (Lipinski definition) is 1. The third-order valence-corrected chi connectivity index (χ3v) is 3.38. The predicted molar refractivity (Wildman–Crippen MR) is 68.0 cm³/mol. The van der Waals surface area contributed by atoms with Crippen LogP contribution in [0.4, 0.5) is 0 Å². The second kappa shape index (κ2) is 6.07. The molecule has 18 heavy (non-hydrogen) atoms. The summed E-state index contributed by atoms with van der Waals surface area (Å²) in [6, 6.07) is 5.72. The molecule has 0 amide bonds. The highest BCUT2D eigenvalue weighted by Gasteiger charge is 2.27. The number of aliphatic hydroxyl groups excluding tert-OH is 1. The Balaban J connectivity index is 2.29. The van der Waals surface area contributed by atoms with Crippen LogP contribution in [-0.2, 0) is 4.74 Å². The first-order valence-electron chi connectivity index (χ1n) is 6.24. The number of benzene rings is 1. The molecular formula is C14H20O4. The zero-order chi connectivity index (χ0) is 13.0. The highest BCUT2D eigenvalue weighted by atomic mass is 16.5. The molecule has 1 fully saturated rings. The molecule has 4 nitrogen and oxygen atoms in total. The molecule has 0 aromatic heterocycles. The van der Waals surface area contributed by atoms with E-state index in [1.165, 1.54) is 0 Å². The van der Waals surface area contributed by atoms with Crippen LogP contribution in [0.1, 0.15) is 24.5 Å². The van der Waals surface area contributed by atoms with Gasteiger partial charge in [0.25, 0.3) is 0 Å². The monoisotopic (exact) mass is 252 g/mol. The van der Waals surface area contributed by atoms with E-state index in [2.05, 4.69) is 0 Å². The fourth-order valence-electron chi connectivity index (χ4n) is 2.39. The molecule has 1 aliphatic heterocycles. The molecule has 1 N–H and O–H groups in total. The Kier molecular flexibility index (Phi) is 4.44. The number of aliphatic hydroxyl groups is 1. The smallest absolute Gasteiger partial charge is 0.122 e. The second-order valence-electron chi connectivity index (χ2n) is 4.52. The lowest BCUT2D eigenvalue weighted by molar-refractivity contribution is -0.0458. The van der Waals surface area contributed by atoms with E-state index in [1.54, 1.807) is 14.2 Å². The van der Waals surface area contributed by atoms with E-state index in [0.29, 0.717) is 0 Å². The van der Waals surface area contributed by atoms with Crippen molar-refractivity contribution >= 4 is 0 Å². The summed E-state index contributed by atoms with van der Waals surface area (Å²) in [5, 5.41) is 9.43. The van der Waals surface area contributed by atoms with E-state index in [0.717, 1.165) is 36.5 Å². The van der Waals surface area contributed by atoms with E-state index in [-0.39, 0.29) is 18.6 Å². The number of methoxy groups -OCH3 is 2. The average Bonchev–Trinajstić information content (AvgIpc) is 2.46. The van der Waals surface area contributed by atoms with Crippen LogP contribution in [0.25, 0.3) is 0 Å². The first-order chi connectivity index (χ1) is 8.78. The summed E-state index contributed by atoms with van der Waals surface area (Å²) in [7, 11) is 3.26. The van der Waals surface area contributed by atoms with Gasteiger partial charge in [0.15, 0.2) is 0 Å². The van der Waals surface area contributed by atoms with Gasteiger partial charge < -0.3 is 19.3 Å². The van der Waals surface area contributed by atoms with Crippen molar-refractivity contribution < 1.29 is 19.3 Å². The van der Waals surface area contributed by atoms with Crippen LogP contribution in [-0.4, -0.2) is 32.5 Å². The molecule has 0 saturated carbocycles. The topological polar surface area (TPSA) is 47.9 Å². The van der Waals surface area contributed by atoms with Crippen molar-refractivity contribution in [3.05, 3.63) is 23.8 Å². The van der Waals surface area contributed by atoms with Crippen molar-refractivity contribution in [1.29, 1.82) is 0 Å². The van der Waals surface area contributed by atoms with Gasteiger partial charge in [0.1, 0.15) is 11.5 Å². The third kappa shape index (κ3) is 2.76. The molecule has 0 aliphatic carbocycles. The van der Waals surface area contributed by atoms with Gasteiger partial charge in [0, 0.05) is 25.2 Å². The summed E-state index contributed by atoms with van der Waals surface area (Å²) in [5.41, 5.74) is 1.00. The Labute approximate surface area is 107 Å². The number of ether oxygens (including phenoxy) is 3. The van der Waals surface area contributed by atoms with Gasteiger partial charge in [-0.05, 0) is 30.5 Å². The Bertz CT molecular complexity index is 369. The van der Waals surface area contributed by atoms with E-state index >= 15 is 0 Å². The molecule has 4 heteroatoms. The molecule has 1 aliphatic rings. The first kappa shape index (κ1) is 13.2. The van der Waals surface area contributed by atoms with Gasteiger partial charge in [-0.1, -0.05) is 0 Å². The molecule has 0 bridgehead atoms. The number of hydrogen-bond acceptors (Lipinski definition) is 4. The van der Waals surface area contributed by atoms with Crippen LogP contribution in [0.2, 0.25) is 0 Å². The summed E-state index contributed by atoms with van der Waals surface area (Å²) in [6.45, 7) is 0.880. The standard InChI is InChI=1S/C14H20O4/c1-16-12-6-11(7-13(8-12)17-2)14-10(9-15)4-3-5-18-14/h6-8,10,14-15H,3-5,9H2,1-2H3. The minimum Gasteiger partial charge on any atom is -0.497 e. The van der Waals surface area contributed by atoms with Gasteiger partial charge in [0.05, 0.1) is 20.3 Å². The summed E-state index contributed by atoms with van der Waals surface area (Å²) in [6.07, 6.45) is 1.91. The first-order valence-corrected chi connectivity index (χ1v) is 6.24. The maximum atomic E-state index is 9.43. The lowest BCUT2D eigenvalue weighted by Crippen LogP contribution is -2.25. The highest BCUT2D eigenvalue weighted by molar-refractivity contribution is 5.39. The molecule has 2 atom stereocenters. The van der Waals surface area contributed by atoms with Crippen molar-refractivity contribution in [3.63, 3.8) is 0 Å². The van der Waals surface area contributed by atoms with Gasteiger partial charge in [-0.25, -0.2) is 0 Å². The highest BCUT2D eigenvalue weighted by Crippen LogP contribution is 2.36. The summed E-state index contributed by atoms with van der Waals surface area (Å²) >= 11 is 0. The molecule has 0 spiro atoms. The van der Waals surface area contributed by atoms with Gasteiger partial charge in [-0.2, -0.15) is 0 Å². The number of rotatable bonds is 4. The zero-order valence-electron chi connectivity index (χ0n) is 10.9. The molecule has 1 heterocycles. The van der Waals surface area contributed by atoms with E-state index in [1.807, 2.05) is 18.2 Å². The van der Waals surface area contributed by atoms with E-state index < -0.39 is 0 Å². The van der Waals surface area contributed by atoms with E-state index in [9.17, 15) is 5.11 Å². The Morgan fingerprint density at radius 1 is 1.22 bits per heavy atom. The predicted octanol–water partition coefficient (Wildman–Crippen LogP) is 2.16. The second-order valence-corrected chi connectivity index (χ2v) is 4.52. The van der Waals surface area contributed by atoms with Crippen LogP contribution >= 0.6 is 0 Å². The molecule has 100 valence electrons. The minimum absolute atomic E-state index is 0.0762. The Hall–Kier alpha value is -1.26. The minimum atomic E-state index is -0.0762. The maximum absolute atomic E-state index is 9.43. The SMILES string of the molecule is COc1cc(OC)cc(C2OCCCC2CO)c1. The van der Waals surface area contributed by atoms with Gasteiger partial charge in [0.2, 0.25) is 0 Å². The normalized spacial score (nSPS) is 23.7. The quantitative estimate of drug-likeness (QED) is 0.892. The molecule has 1 aromatic carbocycles. The molecule has 0 radical (unpaired) electrons. The fourth-order valence-corrected chi connectivity index (χ4v) is 2.39. The molecule has 2 rings (SSSR count). The van der Waals surface area contributed by atoms with Crippen LogP contribution < -0.4 is 9.47 Å². The zero-order valence-corrected chi connectivity index (χ0v) is 10.9. The fraction of sp³-hybridized carbons (Fsp3) is 0.571. The summed E-state index contributed by atoms with van der Waals surface area (Å²) < 4.78 is 16.3. The Morgan fingerprint density at radius 3 is 2.44 bits per heavy atom. The van der Waals surface area contributed by atoms with Gasteiger partial charge in [-0.3, -0.25) is 0 Å². The molecule has 2 unspecified atom stereocenters. The third-order valence-electron chi connectivity index (χ3n) is 3.38. The largest absolute Gasteiger partial charge is 0.497 e. The van der Waals surface area contributed by atoms with Crippen LogP contribution in [0.5, 0.6) is 11.5 Å². The van der Waals surface area contributed by atoms with E-state index in [4.69, 9.17) is 14.2 Å². The molecule has 1 saturated heterocycles. The van der Waals surface area contributed by atoms with Crippen LogP contribution in [0.3, 0.4) is 0 Å². The molecular weight excluding hydrogens is 232 g/mol.